The molecule has 0 atom stereocenters. The quantitative estimate of drug-likeness (QED) is 0.296. The Bertz CT molecular complexity index is 1040. The molecule has 0 heterocycles. The van der Waals surface area contributed by atoms with Crippen LogP contribution in [0.1, 0.15) is 31.8 Å². The predicted octanol–water partition coefficient (Wildman–Crippen LogP) is 4.91. The molecule has 0 bridgehead atoms. The Morgan fingerprint density at radius 3 is 2.14 bits per heavy atom. The summed E-state index contributed by atoms with van der Waals surface area (Å²) >= 11 is 6.47. The van der Waals surface area contributed by atoms with Crippen LogP contribution in [-0.2, 0) is 0 Å². The summed E-state index contributed by atoms with van der Waals surface area (Å²) in [7, 11) is 0. The maximum absolute atomic E-state index is 12.5. The zero-order chi connectivity index (χ0) is 20.1. The zero-order valence-corrected chi connectivity index (χ0v) is 17.6. The van der Waals surface area contributed by atoms with E-state index >= 15 is 0 Å². The minimum atomic E-state index is -0.434. The van der Waals surface area contributed by atoms with Gasteiger partial charge in [0, 0.05) is 16.7 Å². The third-order valence-corrected chi connectivity index (χ3v) is 5.05. The topological polar surface area (TPSA) is 78.8 Å². The lowest BCUT2D eigenvalue weighted by Crippen LogP contribution is -2.18. The van der Waals surface area contributed by atoms with E-state index in [0.29, 0.717) is 31.2 Å². The average molecular weight is 502 g/mol. The maximum atomic E-state index is 12.5. The summed E-state index contributed by atoms with van der Waals surface area (Å²) < 4.78 is 1.00. The zero-order valence-electron chi connectivity index (χ0n) is 14.4. The summed E-state index contributed by atoms with van der Waals surface area (Å²) in [6, 6.07) is 18.7. The molecule has 0 aromatic heterocycles. The van der Waals surface area contributed by atoms with Crippen molar-refractivity contribution in [3.8, 4) is 5.75 Å². The average Bonchev–Trinajstić information content (AvgIpc) is 2.72. The Kier molecular flexibility index (Phi) is 6.38. The highest BCUT2D eigenvalue weighted by Gasteiger charge is 2.12. The minimum absolute atomic E-state index is 0.0843. The van der Waals surface area contributed by atoms with Crippen LogP contribution in [0, 0.1) is 0 Å². The van der Waals surface area contributed by atoms with Crippen LogP contribution >= 0.6 is 31.9 Å². The number of aromatic hydroxyl groups is 1. The number of carbonyl (C=O) groups excluding carboxylic acids is 2. The third kappa shape index (κ3) is 4.74. The first-order chi connectivity index (χ1) is 13.5. The first kappa shape index (κ1) is 20.0. The second-order valence-electron chi connectivity index (χ2n) is 5.81. The van der Waals surface area contributed by atoms with Crippen LogP contribution in [0.4, 0.5) is 0 Å². The van der Waals surface area contributed by atoms with E-state index in [-0.39, 0.29) is 11.5 Å². The van der Waals surface area contributed by atoms with Gasteiger partial charge in [-0.05, 0) is 61.7 Å². The Labute approximate surface area is 178 Å². The summed E-state index contributed by atoms with van der Waals surface area (Å²) in [6.07, 6.45) is 1.45. The molecule has 0 saturated carbocycles. The Hall–Kier alpha value is -2.77. The second-order valence-corrected chi connectivity index (χ2v) is 7.52. The molecule has 7 heteroatoms. The molecule has 0 radical (unpaired) electrons. The van der Waals surface area contributed by atoms with Crippen molar-refractivity contribution in [3.63, 3.8) is 0 Å². The number of amides is 1. The number of halogens is 2. The van der Waals surface area contributed by atoms with E-state index in [0.717, 1.165) is 0 Å². The lowest BCUT2D eigenvalue weighted by Gasteiger charge is -2.05. The SMILES string of the molecule is O=C(N/N=C/c1cc(Br)c(O)c(Br)c1)c1cccc(C(=O)c2ccccc2)c1. The summed E-state index contributed by atoms with van der Waals surface area (Å²) in [5.41, 5.74) is 4.41. The molecule has 3 rings (SSSR count). The number of nitrogens with one attached hydrogen (secondary N) is 1. The van der Waals surface area contributed by atoms with Gasteiger partial charge in [-0.25, -0.2) is 5.43 Å². The van der Waals surface area contributed by atoms with Crippen LogP contribution in [0.15, 0.2) is 80.8 Å². The van der Waals surface area contributed by atoms with Gasteiger partial charge in [0.15, 0.2) is 5.78 Å². The van der Waals surface area contributed by atoms with Crippen molar-refractivity contribution in [2.75, 3.05) is 0 Å². The fourth-order valence-electron chi connectivity index (χ4n) is 2.45. The molecule has 3 aromatic rings. The number of ketones is 1. The van der Waals surface area contributed by atoms with Crippen molar-refractivity contribution >= 4 is 49.8 Å². The van der Waals surface area contributed by atoms with E-state index in [9.17, 15) is 14.7 Å². The van der Waals surface area contributed by atoms with Crippen molar-refractivity contribution in [3.05, 3.63) is 97.9 Å². The van der Waals surface area contributed by atoms with Crippen LogP contribution in [0.2, 0.25) is 0 Å². The molecule has 0 fully saturated rings. The molecule has 0 aliphatic heterocycles. The molecule has 5 nitrogen and oxygen atoms in total. The van der Waals surface area contributed by atoms with Crippen molar-refractivity contribution in [2.45, 2.75) is 0 Å². The highest BCUT2D eigenvalue weighted by Crippen LogP contribution is 2.32. The number of hydrogen-bond donors (Lipinski definition) is 2. The van der Waals surface area contributed by atoms with Crippen molar-refractivity contribution < 1.29 is 14.7 Å². The predicted molar refractivity (Wildman–Crippen MR) is 115 cm³/mol. The fraction of sp³-hybridized carbons (Fsp3) is 0. The first-order valence-electron chi connectivity index (χ1n) is 8.17. The largest absolute Gasteiger partial charge is 0.506 e. The van der Waals surface area contributed by atoms with E-state index < -0.39 is 5.91 Å². The summed E-state index contributed by atoms with van der Waals surface area (Å²) in [6.45, 7) is 0. The number of nitrogens with zero attached hydrogens (tertiary/aromatic N) is 1. The first-order valence-corrected chi connectivity index (χ1v) is 9.75. The van der Waals surface area contributed by atoms with Crippen LogP contribution in [0.25, 0.3) is 0 Å². The number of hydrogen-bond acceptors (Lipinski definition) is 4. The van der Waals surface area contributed by atoms with Gasteiger partial charge >= 0.3 is 0 Å². The summed E-state index contributed by atoms with van der Waals surface area (Å²) in [5, 5.41) is 13.6. The molecule has 0 aliphatic carbocycles. The van der Waals surface area contributed by atoms with Gasteiger partial charge in [-0.3, -0.25) is 9.59 Å². The number of hydrazone groups is 1. The molecule has 3 aromatic carbocycles. The smallest absolute Gasteiger partial charge is 0.271 e. The molecule has 1 amide bonds. The lowest BCUT2D eigenvalue weighted by atomic mass is 10.0. The normalized spacial score (nSPS) is 10.8. The molecule has 140 valence electrons. The van der Waals surface area contributed by atoms with Crippen molar-refractivity contribution in [1.82, 2.24) is 5.43 Å². The van der Waals surface area contributed by atoms with Crippen molar-refractivity contribution in [2.24, 2.45) is 5.10 Å². The molecular weight excluding hydrogens is 488 g/mol. The molecular formula is C21H14Br2N2O3. The Morgan fingerprint density at radius 2 is 1.46 bits per heavy atom. The molecule has 28 heavy (non-hydrogen) atoms. The highest BCUT2D eigenvalue weighted by atomic mass is 79.9. The number of rotatable bonds is 5. The second kappa shape index (κ2) is 8.95. The van der Waals surface area contributed by atoms with Gasteiger partial charge in [-0.2, -0.15) is 5.10 Å². The standard InChI is InChI=1S/C21H14Br2N2O3/c22-17-9-13(10-18(23)20(17)27)12-24-25-21(28)16-8-4-7-15(11-16)19(26)14-5-2-1-3-6-14/h1-12,27H,(H,25,28)/b24-12+. The van der Waals surface area contributed by atoms with E-state index in [1.165, 1.54) is 12.3 Å². The van der Waals surface area contributed by atoms with E-state index in [4.69, 9.17) is 0 Å². The molecule has 0 aliphatic rings. The molecule has 0 saturated heterocycles. The minimum Gasteiger partial charge on any atom is -0.506 e. The van der Waals surface area contributed by atoms with Crippen LogP contribution < -0.4 is 5.43 Å². The van der Waals surface area contributed by atoms with E-state index in [2.05, 4.69) is 42.4 Å². The third-order valence-electron chi connectivity index (χ3n) is 3.84. The lowest BCUT2D eigenvalue weighted by molar-refractivity contribution is 0.0955. The number of phenols is 1. The van der Waals surface area contributed by atoms with Crippen molar-refractivity contribution in [1.29, 1.82) is 0 Å². The fourth-order valence-corrected chi connectivity index (χ4v) is 3.67. The van der Waals surface area contributed by atoms with Crippen LogP contribution in [0.3, 0.4) is 0 Å². The van der Waals surface area contributed by atoms with Gasteiger partial charge < -0.3 is 5.11 Å². The molecule has 0 unspecified atom stereocenters. The number of carbonyl (C=O) groups is 2. The highest BCUT2D eigenvalue weighted by molar-refractivity contribution is 9.11. The van der Waals surface area contributed by atoms with Gasteiger partial charge in [0.05, 0.1) is 15.2 Å². The van der Waals surface area contributed by atoms with Gasteiger partial charge in [0.25, 0.3) is 5.91 Å². The molecule has 0 spiro atoms. The van der Waals surface area contributed by atoms with Crippen LogP contribution in [0.5, 0.6) is 5.75 Å². The summed E-state index contributed by atoms with van der Waals surface area (Å²) in [4.78, 5) is 24.9. The van der Waals surface area contributed by atoms with Gasteiger partial charge in [-0.15, -0.1) is 0 Å². The van der Waals surface area contributed by atoms with E-state index in [1.54, 1.807) is 54.6 Å². The maximum Gasteiger partial charge on any atom is 0.271 e. The van der Waals surface area contributed by atoms with Crippen LogP contribution in [-0.4, -0.2) is 23.0 Å². The van der Waals surface area contributed by atoms with Gasteiger partial charge in [0.2, 0.25) is 0 Å². The van der Waals surface area contributed by atoms with Gasteiger partial charge in [0.1, 0.15) is 5.75 Å². The van der Waals surface area contributed by atoms with E-state index in [1.807, 2.05) is 6.07 Å². The number of phenolic OH excluding ortho intramolecular Hbond substituents is 1. The Morgan fingerprint density at radius 1 is 0.857 bits per heavy atom. The Balaban J connectivity index is 1.72. The summed E-state index contributed by atoms with van der Waals surface area (Å²) in [5.74, 6) is -0.505. The van der Waals surface area contributed by atoms with Gasteiger partial charge in [-0.1, -0.05) is 42.5 Å². The number of benzene rings is 3. The molecule has 2 N–H and O–H groups in total. The monoisotopic (exact) mass is 500 g/mol.